The first-order chi connectivity index (χ1) is 10.8. The molecule has 0 aliphatic carbocycles. The molecule has 0 fully saturated rings. The molecular formula is C20H19NO. The summed E-state index contributed by atoms with van der Waals surface area (Å²) in [6.07, 6.45) is 1.67. The molecule has 1 unspecified atom stereocenters. The first-order valence-corrected chi connectivity index (χ1v) is 7.51. The molecular weight excluding hydrogens is 270 g/mol. The van der Waals surface area contributed by atoms with Crippen LogP contribution >= 0.6 is 0 Å². The highest BCUT2D eigenvalue weighted by molar-refractivity contribution is 5.87. The highest BCUT2D eigenvalue weighted by Gasteiger charge is 2.07. The minimum absolute atomic E-state index is 0.133. The van der Waals surface area contributed by atoms with Crippen molar-refractivity contribution < 1.29 is 4.79 Å². The highest BCUT2D eigenvalue weighted by Crippen LogP contribution is 2.25. The number of fused-ring (bicyclic) bond motifs is 1. The molecule has 0 saturated carbocycles. The fourth-order valence-corrected chi connectivity index (χ4v) is 2.72. The van der Waals surface area contributed by atoms with Crippen LogP contribution in [0.3, 0.4) is 0 Å². The van der Waals surface area contributed by atoms with Crippen molar-refractivity contribution >= 4 is 17.1 Å². The van der Waals surface area contributed by atoms with E-state index < -0.39 is 0 Å². The van der Waals surface area contributed by atoms with Gasteiger partial charge in [-0.3, -0.25) is 0 Å². The second-order valence-electron chi connectivity index (χ2n) is 5.50. The van der Waals surface area contributed by atoms with E-state index in [1.165, 1.54) is 21.9 Å². The van der Waals surface area contributed by atoms with Crippen molar-refractivity contribution in [3.63, 3.8) is 0 Å². The van der Waals surface area contributed by atoms with Crippen molar-refractivity contribution in [1.82, 2.24) is 5.32 Å². The average Bonchev–Trinajstić information content (AvgIpc) is 2.59. The van der Waals surface area contributed by atoms with E-state index in [0.29, 0.717) is 6.42 Å². The third-order valence-electron chi connectivity index (χ3n) is 4.00. The van der Waals surface area contributed by atoms with Crippen molar-refractivity contribution in [1.29, 1.82) is 0 Å². The number of nitrogens with one attached hydrogen (secondary N) is 1. The van der Waals surface area contributed by atoms with Crippen LogP contribution in [0.15, 0.2) is 66.7 Å². The molecule has 0 aromatic heterocycles. The molecule has 0 radical (unpaired) electrons. The van der Waals surface area contributed by atoms with Gasteiger partial charge in [-0.1, -0.05) is 60.7 Å². The number of benzene rings is 3. The summed E-state index contributed by atoms with van der Waals surface area (Å²) in [7, 11) is 1.81. The van der Waals surface area contributed by atoms with E-state index in [9.17, 15) is 4.79 Å². The monoisotopic (exact) mass is 289 g/mol. The minimum Gasteiger partial charge on any atom is -0.311 e. The molecule has 22 heavy (non-hydrogen) atoms. The van der Waals surface area contributed by atoms with E-state index in [4.69, 9.17) is 0 Å². The molecule has 0 aliphatic rings. The van der Waals surface area contributed by atoms with Crippen molar-refractivity contribution in [2.45, 2.75) is 12.5 Å². The number of carbonyl (C=O) groups excluding carboxylic acids is 1. The Morgan fingerprint density at radius 1 is 0.909 bits per heavy atom. The maximum absolute atomic E-state index is 11.0. The Morgan fingerprint density at radius 3 is 2.45 bits per heavy atom. The van der Waals surface area contributed by atoms with E-state index in [1.54, 1.807) is 0 Å². The summed E-state index contributed by atoms with van der Waals surface area (Å²) in [6, 6.07) is 23.1. The number of hydrogen-bond acceptors (Lipinski definition) is 2. The summed E-state index contributed by atoms with van der Waals surface area (Å²) in [4.78, 5) is 11.0. The summed E-state index contributed by atoms with van der Waals surface area (Å²) in [5.41, 5.74) is 3.55. The average molecular weight is 289 g/mol. The van der Waals surface area contributed by atoms with Gasteiger partial charge in [0.25, 0.3) is 0 Å². The zero-order valence-electron chi connectivity index (χ0n) is 12.6. The lowest BCUT2D eigenvalue weighted by molar-refractivity contribution is -0.109. The number of likely N-dealkylation sites (N-methyl/N-ethyl adjacent to an activating group) is 1. The Hall–Kier alpha value is -2.45. The molecule has 0 bridgehead atoms. The molecule has 3 rings (SSSR count). The predicted octanol–water partition coefficient (Wildman–Crippen LogP) is 3.84. The standard InChI is InChI=1S/C20H19NO/c1-21-20(14-22)12-15-5-4-8-17(11-15)19-10-9-16-6-2-3-7-18(16)13-19/h2-11,13-14,20-21H,12H2,1H3. The summed E-state index contributed by atoms with van der Waals surface area (Å²) >= 11 is 0. The molecule has 0 heterocycles. The van der Waals surface area contributed by atoms with E-state index >= 15 is 0 Å². The van der Waals surface area contributed by atoms with Crippen molar-refractivity contribution in [2.24, 2.45) is 0 Å². The van der Waals surface area contributed by atoms with Gasteiger partial charge in [-0.25, -0.2) is 0 Å². The number of carbonyl (C=O) groups is 1. The second-order valence-corrected chi connectivity index (χ2v) is 5.50. The predicted molar refractivity (Wildman–Crippen MR) is 92.0 cm³/mol. The summed E-state index contributed by atoms with van der Waals surface area (Å²) in [5.74, 6) is 0. The number of hydrogen-bond donors (Lipinski definition) is 1. The van der Waals surface area contributed by atoms with Crippen LogP contribution in [0.1, 0.15) is 5.56 Å². The van der Waals surface area contributed by atoms with Gasteiger partial charge in [0.15, 0.2) is 0 Å². The summed E-state index contributed by atoms with van der Waals surface area (Å²) < 4.78 is 0. The van der Waals surface area contributed by atoms with E-state index in [0.717, 1.165) is 11.8 Å². The molecule has 110 valence electrons. The summed E-state index contributed by atoms with van der Waals surface area (Å²) in [5, 5.41) is 5.51. The van der Waals surface area contributed by atoms with Gasteiger partial charge in [-0.2, -0.15) is 0 Å². The van der Waals surface area contributed by atoms with Gasteiger partial charge < -0.3 is 10.1 Å². The smallest absolute Gasteiger partial charge is 0.137 e. The van der Waals surface area contributed by atoms with Crippen LogP contribution in [0.25, 0.3) is 21.9 Å². The lowest BCUT2D eigenvalue weighted by Crippen LogP contribution is -2.28. The topological polar surface area (TPSA) is 29.1 Å². The molecule has 3 aromatic carbocycles. The van der Waals surface area contributed by atoms with Crippen LogP contribution in [0.5, 0.6) is 0 Å². The van der Waals surface area contributed by atoms with Gasteiger partial charge in [0.05, 0.1) is 6.04 Å². The molecule has 2 heteroatoms. The molecule has 3 aromatic rings. The van der Waals surface area contributed by atoms with Crippen molar-refractivity contribution in [2.75, 3.05) is 7.05 Å². The quantitative estimate of drug-likeness (QED) is 0.723. The second kappa shape index (κ2) is 6.54. The fourth-order valence-electron chi connectivity index (χ4n) is 2.72. The van der Waals surface area contributed by atoms with E-state index in [2.05, 4.69) is 72.0 Å². The number of aldehydes is 1. The van der Waals surface area contributed by atoms with Crippen LogP contribution in [0.2, 0.25) is 0 Å². The SMILES string of the molecule is CNC(C=O)Cc1cccc(-c2ccc3ccccc3c2)c1. The fraction of sp³-hybridized carbons (Fsp3) is 0.150. The van der Waals surface area contributed by atoms with E-state index in [-0.39, 0.29) is 6.04 Å². The van der Waals surface area contributed by atoms with Crippen LogP contribution in [0.4, 0.5) is 0 Å². The van der Waals surface area contributed by atoms with Crippen LogP contribution < -0.4 is 5.32 Å². The van der Waals surface area contributed by atoms with Gasteiger partial charge >= 0.3 is 0 Å². The Morgan fingerprint density at radius 2 is 1.68 bits per heavy atom. The molecule has 0 spiro atoms. The lowest BCUT2D eigenvalue weighted by Gasteiger charge is -2.11. The maximum atomic E-state index is 11.0. The van der Waals surface area contributed by atoms with Crippen LogP contribution in [-0.2, 0) is 11.2 Å². The molecule has 0 saturated heterocycles. The van der Waals surface area contributed by atoms with Gasteiger partial charge in [0.1, 0.15) is 6.29 Å². The Labute approximate surface area is 130 Å². The van der Waals surface area contributed by atoms with Gasteiger partial charge in [-0.05, 0) is 47.0 Å². The lowest BCUT2D eigenvalue weighted by atomic mass is 9.98. The van der Waals surface area contributed by atoms with E-state index in [1.807, 2.05) is 7.05 Å². The molecule has 0 amide bonds. The molecule has 1 atom stereocenters. The van der Waals surface area contributed by atoms with Gasteiger partial charge in [0, 0.05) is 0 Å². The Balaban J connectivity index is 1.94. The first kappa shape index (κ1) is 14.5. The molecule has 0 aliphatic heterocycles. The highest BCUT2D eigenvalue weighted by atomic mass is 16.1. The number of rotatable bonds is 5. The first-order valence-electron chi connectivity index (χ1n) is 7.51. The normalized spacial score (nSPS) is 12.2. The zero-order chi connectivity index (χ0) is 15.4. The Kier molecular flexibility index (Phi) is 4.31. The maximum Gasteiger partial charge on any atom is 0.137 e. The third kappa shape index (κ3) is 3.07. The van der Waals surface area contributed by atoms with Gasteiger partial charge in [-0.15, -0.1) is 0 Å². The van der Waals surface area contributed by atoms with Crippen LogP contribution in [-0.4, -0.2) is 19.4 Å². The largest absolute Gasteiger partial charge is 0.311 e. The minimum atomic E-state index is -0.133. The molecule has 2 nitrogen and oxygen atoms in total. The molecule has 1 N–H and O–H groups in total. The Bertz CT molecular complexity index is 794. The van der Waals surface area contributed by atoms with Crippen molar-refractivity contribution in [3.8, 4) is 11.1 Å². The van der Waals surface area contributed by atoms with Gasteiger partial charge in [0.2, 0.25) is 0 Å². The summed E-state index contributed by atoms with van der Waals surface area (Å²) in [6.45, 7) is 0. The van der Waals surface area contributed by atoms with Crippen molar-refractivity contribution in [3.05, 3.63) is 72.3 Å². The van der Waals surface area contributed by atoms with Crippen LogP contribution in [0, 0.1) is 0 Å². The third-order valence-corrected chi connectivity index (χ3v) is 4.00. The zero-order valence-corrected chi connectivity index (χ0v) is 12.6.